The summed E-state index contributed by atoms with van der Waals surface area (Å²) < 4.78 is 34.2. The molecule has 0 saturated heterocycles. The van der Waals surface area contributed by atoms with Crippen molar-refractivity contribution in [1.29, 1.82) is 0 Å². The molecule has 0 amide bonds. The molecule has 0 unspecified atom stereocenters. The number of hydrogen-bond donors (Lipinski definition) is 0. The lowest BCUT2D eigenvalue weighted by Crippen LogP contribution is -2.21. The first-order valence-electron chi connectivity index (χ1n) is 14.3. The maximum absolute atomic E-state index is 14.1. The molecule has 0 aliphatic heterocycles. The van der Waals surface area contributed by atoms with E-state index < -0.39 is 10.1 Å². The summed E-state index contributed by atoms with van der Waals surface area (Å²) in [6.45, 7) is 0. The molecular weight excluding hydrogens is 484 g/mol. The fraction of sp³-hybridized carbons (Fsp3) is 0.613. The number of benzene rings is 2. The zero-order valence-electron chi connectivity index (χ0n) is 21.8. The van der Waals surface area contributed by atoms with Crippen molar-refractivity contribution < 1.29 is 12.6 Å². The predicted molar refractivity (Wildman–Crippen MR) is 150 cm³/mol. The van der Waals surface area contributed by atoms with E-state index in [0.29, 0.717) is 28.4 Å². The van der Waals surface area contributed by atoms with Crippen LogP contribution in [0.4, 0.5) is 0 Å². The molecule has 0 radical (unpaired) electrons. The largest absolute Gasteiger partial charge is 0.379 e. The highest BCUT2D eigenvalue weighted by Gasteiger charge is 2.34. The summed E-state index contributed by atoms with van der Waals surface area (Å²) in [5, 5.41) is 0. The van der Waals surface area contributed by atoms with Crippen LogP contribution in [0.1, 0.15) is 131 Å². The SMILES string of the molecule is CSc1ccc(OS(=O)(=O)c2c(C3CCCCC3)cc(C3CCCCC3)cc2C2CCCCC2)cc1. The van der Waals surface area contributed by atoms with E-state index in [1.165, 1.54) is 76.2 Å². The summed E-state index contributed by atoms with van der Waals surface area (Å²) in [6.07, 6.45) is 20.0. The Balaban J connectivity index is 1.62. The molecule has 0 N–H and O–H groups in total. The zero-order valence-corrected chi connectivity index (χ0v) is 23.5. The third-order valence-corrected chi connectivity index (χ3v) is 11.0. The lowest BCUT2D eigenvalue weighted by Gasteiger charge is -2.32. The molecule has 3 saturated carbocycles. The van der Waals surface area contributed by atoms with Crippen LogP contribution in [0, 0.1) is 0 Å². The van der Waals surface area contributed by atoms with Gasteiger partial charge in [0.2, 0.25) is 0 Å². The van der Waals surface area contributed by atoms with Crippen LogP contribution in [0.15, 0.2) is 46.2 Å². The van der Waals surface area contributed by atoms with Gasteiger partial charge in [-0.1, -0.05) is 69.9 Å². The van der Waals surface area contributed by atoms with E-state index >= 15 is 0 Å². The molecule has 0 heterocycles. The first kappa shape index (κ1) is 26.2. The van der Waals surface area contributed by atoms with Crippen molar-refractivity contribution in [1.82, 2.24) is 0 Å². The van der Waals surface area contributed by atoms with Gasteiger partial charge in [-0.05, 0) is 103 Å². The van der Waals surface area contributed by atoms with Crippen molar-refractivity contribution in [2.24, 2.45) is 0 Å². The van der Waals surface area contributed by atoms with Gasteiger partial charge in [0.25, 0.3) is 0 Å². The van der Waals surface area contributed by atoms with Gasteiger partial charge in [-0.2, -0.15) is 8.42 Å². The smallest absolute Gasteiger partial charge is 0.339 e. The third-order valence-electron chi connectivity index (χ3n) is 8.85. The van der Waals surface area contributed by atoms with Gasteiger partial charge in [-0.3, -0.25) is 0 Å². The van der Waals surface area contributed by atoms with E-state index in [9.17, 15) is 8.42 Å². The van der Waals surface area contributed by atoms with E-state index in [0.717, 1.165) is 41.7 Å². The second kappa shape index (κ2) is 11.9. The van der Waals surface area contributed by atoms with E-state index in [4.69, 9.17) is 4.18 Å². The van der Waals surface area contributed by atoms with Gasteiger partial charge in [0, 0.05) is 4.90 Å². The highest BCUT2D eigenvalue weighted by molar-refractivity contribution is 7.98. The molecule has 2 aromatic carbocycles. The molecule has 0 aromatic heterocycles. The second-order valence-electron chi connectivity index (χ2n) is 11.2. The Morgan fingerprint density at radius 3 is 1.56 bits per heavy atom. The summed E-state index contributed by atoms with van der Waals surface area (Å²) >= 11 is 1.64. The molecule has 0 bridgehead atoms. The third kappa shape index (κ3) is 5.99. The number of rotatable bonds is 7. The summed E-state index contributed by atoms with van der Waals surface area (Å²) in [6, 6.07) is 12.1. The minimum absolute atomic E-state index is 0.317. The molecule has 5 heteroatoms. The maximum Gasteiger partial charge on any atom is 0.339 e. The van der Waals surface area contributed by atoms with Gasteiger partial charge < -0.3 is 4.18 Å². The maximum atomic E-state index is 14.1. The summed E-state index contributed by atoms with van der Waals surface area (Å²) in [7, 11) is -3.95. The number of thioether (sulfide) groups is 1. The Kier molecular flexibility index (Phi) is 8.68. The van der Waals surface area contributed by atoms with Gasteiger partial charge >= 0.3 is 10.1 Å². The first-order chi connectivity index (χ1) is 17.5. The average molecular weight is 527 g/mol. The van der Waals surface area contributed by atoms with Gasteiger partial charge in [0.1, 0.15) is 10.6 Å². The Hall–Kier alpha value is -1.46. The predicted octanol–water partition coefficient (Wildman–Crippen LogP) is 9.32. The van der Waals surface area contributed by atoms with Crippen molar-refractivity contribution >= 4 is 21.9 Å². The van der Waals surface area contributed by atoms with Crippen molar-refractivity contribution in [3.63, 3.8) is 0 Å². The molecule has 3 fully saturated rings. The summed E-state index contributed by atoms with van der Waals surface area (Å²) in [4.78, 5) is 1.62. The van der Waals surface area contributed by atoms with Gasteiger partial charge in [-0.25, -0.2) is 0 Å². The lowest BCUT2D eigenvalue weighted by atomic mass is 9.76. The second-order valence-corrected chi connectivity index (χ2v) is 13.6. The Morgan fingerprint density at radius 1 is 0.667 bits per heavy atom. The average Bonchev–Trinajstić information content (AvgIpc) is 2.94. The molecule has 3 aliphatic rings. The molecule has 3 nitrogen and oxygen atoms in total. The topological polar surface area (TPSA) is 43.4 Å². The van der Waals surface area contributed by atoms with E-state index in [1.54, 1.807) is 23.9 Å². The molecule has 36 heavy (non-hydrogen) atoms. The quantitative estimate of drug-likeness (QED) is 0.266. The molecule has 196 valence electrons. The van der Waals surface area contributed by atoms with Gasteiger partial charge in [0.05, 0.1) is 0 Å². The van der Waals surface area contributed by atoms with E-state index in [-0.39, 0.29) is 0 Å². The van der Waals surface area contributed by atoms with Crippen LogP contribution in [0.5, 0.6) is 5.75 Å². The zero-order chi connectivity index (χ0) is 25.0. The monoisotopic (exact) mass is 526 g/mol. The fourth-order valence-electron chi connectivity index (χ4n) is 6.89. The molecule has 5 rings (SSSR count). The van der Waals surface area contributed by atoms with Crippen LogP contribution >= 0.6 is 11.8 Å². The van der Waals surface area contributed by atoms with Crippen molar-refractivity contribution in [2.75, 3.05) is 6.26 Å². The van der Waals surface area contributed by atoms with E-state index in [1.807, 2.05) is 18.4 Å². The highest BCUT2D eigenvalue weighted by atomic mass is 32.2. The molecular formula is C31H42O3S2. The van der Waals surface area contributed by atoms with Gasteiger partial charge in [-0.15, -0.1) is 11.8 Å². The van der Waals surface area contributed by atoms with Crippen molar-refractivity contribution in [2.45, 2.75) is 124 Å². The normalized spacial score (nSPS) is 20.9. The van der Waals surface area contributed by atoms with E-state index in [2.05, 4.69) is 12.1 Å². The van der Waals surface area contributed by atoms with Crippen molar-refractivity contribution in [3.05, 3.63) is 53.1 Å². The minimum Gasteiger partial charge on any atom is -0.379 e. The van der Waals surface area contributed by atoms with Crippen LogP contribution in [-0.2, 0) is 10.1 Å². The Bertz CT molecular complexity index is 1070. The van der Waals surface area contributed by atoms with Crippen LogP contribution in [0.2, 0.25) is 0 Å². The van der Waals surface area contributed by atoms with Crippen LogP contribution < -0.4 is 4.18 Å². The Morgan fingerprint density at radius 2 is 1.11 bits per heavy atom. The van der Waals surface area contributed by atoms with Crippen molar-refractivity contribution in [3.8, 4) is 5.75 Å². The molecule has 0 spiro atoms. The standard InChI is InChI=1S/C31H42O3S2/c1-35-28-19-17-27(18-20-28)34-36(32,33)31-29(24-13-7-3-8-14-24)21-26(23-11-5-2-6-12-23)22-30(31)25-15-9-4-10-16-25/h17-25H,2-16H2,1H3. The van der Waals surface area contributed by atoms with Crippen LogP contribution in [0.25, 0.3) is 0 Å². The van der Waals surface area contributed by atoms with Crippen LogP contribution in [0.3, 0.4) is 0 Å². The molecule has 0 atom stereocenters. The number of hydrogen-bond acceptors (Lipinski definition) is 4. The van der Waals surface area contributed by atoms with Crippen LogP contribution in [-0.4, -0.2) is 14.7 Å². The van der Waals surface area contributed by atoms with Gasteiger partial charge in [0.15, 0.2) is 0 Å². The minimum atomic E-state index is -3.95. The summed E-state index contributed by atoms with van der Waals surface area (Å²) in [5.74, 6) is 1.61. The fourth-order valence-corrected chi connectivity index (χ4v) is 8.78. The molecule has 2 aromatic rings. The first-order valence-corrected chi connectivity index (χ1v) is 16.9. The highest BCUT2D eigenvalue weighted by Crippen LogP contribution is 2.46. The lowest BCUT2D eigenvalue weighted by molar-refractivity contribution is 0.414. The Labute approximate surface area is 222 Å². The molecule has 3 aliphatic carbocycles. The summed E-state index contributed by atoms with van der Waals surface area (Å²) in [5.41, 5.74) is 3.54.